The van der Waals surface area contributed by atoms with E-state index in [1.807, 2.05) is 24.3 Å². The Morgan fingerprint density at radius 2 is 2.08 bits per heavy atom. The summed E-state index contributed by atoms with van der Waals surface area (Å²) in [5.74, 6) is 0.391. The zero-order valence-electron chi connectivity index (χ0n) is 13.7. The Hall–Kier alpha value is -2.21. The van der Waals surface area contributed by atoms with Gasteiger partial charge in [-0.3, -0.25) is 9.48 Å². The number of benzene rings is 1. The van der Waals surface area contributed by atoms with Crippen molar-refractivity contribution in [2.75, 3.05) is 20.2 Å². The van der Waals surface area contributed by atoms with Gasteiger partial charge in [0, 0.05) is 31.9 Å². The minimum Gasteiger partial charge on any atom is -0.503 e. The molecule has 1 aromatic heterocycles. The molecule has 1 amide bonds. The summed E-state index contributed by atoms with van der Waals surface area (Å²) in [6.07, 6.45) is 5.74. The van der Waals surface area contributed by atoms with E-state index in [2.05, 4.69) is 5.10 Å². The molecule has 0 atom stereocenters. The molecule has 0 bridgehead atoms. The molecule has 1 N–H and O–H groups in total. The van der Waals surface area contributed by atoms with Gasteiger partial charge in [0.1, 0.15) is 0 Å². The van der Waals surface area contributed by atoms with Crippen LogP contribution in [0, 0.1) is 0 Å². The Morgan fingerprint density at radius 3 is 2.67 bits per heavy atom. The van der Waals surface area contributed by atoms with Crippen molar-refractivity contribution in [2.24, 2.45) is 7.05 Å². The highest BCUT2D eigenvalue weighted by Crippen LogP contribution is 2.36. The van der Waals surface area contributed by atoms with Crippen LogP contribution in [0.4, 0.5) is 0 Å². The molecule has 0 aliphatic carbocycles. The summed E-state index contributed by atoms with van der Waals surface area (Å²) in [7, 11) is 3.34. The van der Waals surface area contributed by atoms with Crippen LogP contribution in [0.3, 0.4) is 0 Å². The number of aromatic hydroxyl groups is 1. The number of amides is 1. The van der Waals surface area contributed by atoms with Crippen molar-refractivity contribution in [3.63, 3.8) is 0 Å². The molecule has 24 heavy (non-hydrogen) atoms. The van der Waals surface area contributed by atoms with Gasteiger partial charge in [-0.05, 0) is 36.5 Å². The third-order valence-corrected chi connectivity index (χ3v) is 4.76. The molecule has 2 aromatic rings. The Labute approximate surface area is 145 Å². The Morgan fingerprint density at radius 1 is 1.38 bits per heavy atom. The van der Waals surface area contributed by atoms with Crippen LogP contribution in [-0.2, 0) is 7.05 Å². The maximum atomic E-state index is 12.7. The Balaban J connectivity index is 1.70. The van der Waals surface area contributed by atoms with E-state index in [1.165, 1.54) is 24.8 Å². The Kier molecular flexibility index (Phi) is 4.66. The predicted molar refractivity (Wildman–Crippen MR) is 90.8 cm³/mol. The lowest BCUT2D eigenvalue weighted by Crippen LogP contribution is -2.37. The van der Waals surface area contributed by atoms with Gasteiger partial charge >= 0.3 is 0 Å². The lowest BCUT2D eigenvalue weighted by Gasteiger charge is -2.31. The van der Waals surface area contributed by atoms with E-state index >= 15 is 0 Å². The van der Waals surface area contributed by atoms with E-state index < -0.39 is 0 Å². The molecular formula is C17H20ClN3O3. The number of halogens is 1. The minimum absolute atomic E-state index is 0.0974. The number of phenols is 1. The van der Waals surface area contributed by atoms with Gasteiger partial charge < -0.3 is 14.7 Å². The van der Waals surface area contributed by atoms with Gasteiger partial charge in [0.15, 0.2) is 11.5 Å². The van der Waals surface area contributed by atoms with Crippen LogP contribution in [0.25, 0.3) is 0 Å². The molecule has 1 aromatic carbocycles. The van der Waals surface area contributed by atoms with Crippen LogP contribution in [0.15, 0.2) is 24.5 Å². The van der Waals surface area contributed by atoms with Crippen molar-refractivity contribution in [2.45, 2.75) is 18.8 Å². The predicted octanol–water partition coefficient (Wildman–Crippen LogP) is 2.81. The number of carbonyl (C=O) groups is 1. The van der Waals surface area contributed by atoms with E-state index in [9.17, 15) is 9.90 Å². The number of piperidine rings is 1. The average molecular weight is 350 g/mol. The normalized spacial score (nSPS) is 15.5. The third-order valence-electron chi connectivity index (χ3n) is 4.47. The lowest BCUT2D eigenvalue weighted by molar-refractivity contribution is 0.0712. The van der Waals surface area contributed by atoms with E-state index in [-0.39, 0.29) is 22.4 Å². The Bertz CT molecular complexity index is 752. The number of aromatic nitrogens is 2. The number of carbonyl (C=O) groups excluding carboxylic acids is 1. The second-order valence-corrected chi connectivity index (χ2v) is 6.43. The topological polar surface area (TPSA) is 67.6 Å². The molecule has 2 heterocycles. The molecule has 1 aliphatic heterocycles. The average Bonchev–Trinajstić information content (AvgIpc) is 3.03. The zero-order chi connectivity index (χ0) is 17.3. The van der Waals surface area contributed by atoms with Gasteiger partial charge in [-0.25, -0.2) is 0 Å². The summed E-state index contributed by atoms with van der Waals surface area (Å²) in [5, 5.41) is 14.1. The van der Waals surface area contributed by atoms with Crippen molar-refractivity contribution in [1.82, 2.24) is 14.7 Å². The largest absolute Gasteiger partial charge is 0.503 e. The van der Waals surface area contributed by atoms with Crippen LogP contribution < -0.4 is 4.74 Å². The highest BCUT2D eigenvalue weighted by molar-refractivity contribution is 6.32. The molecule has 0 saturated carbocycles. The first-order valence-electron chi connectivity index (χ1n) is 7.84. The van der Waals surface area contributed by atoms with Crippen LogP contribution in [0.5, 0.6) is 11.5 Å². The van der Waals surface area contributed by atoms with E-state index in [0.717, 1.165) is 12.8 Å². The van der Waals surface area contributed by atoms with E-state index in [4.69, 9.17) is 16.3 Å². The number of nitrogens with zero attached hydrogens (tertiary/aromatic N) is 3. The van der Waals surface area contributed by atoms with E-state index in [0.29, 0.717) is 24.6 Å². The van der Waals surface area contributed by atoms with Crippen LogP contribution in [0.1, 0.15) is 34.7 Å². The second kappa shape index (κ2) is 6.73. The van der Waals surface area contributed by atoms with Crippen LogP contribution >= 0.6 is 11.6 Å². The highest BCUT2D eigenvalue weighted by atomic mass is 35.5. The molecule has 1 saturated heterocycles. The molecular weight excluding hydrogens is 330 g/mol. The molecule has 0 spiro atoms. The fraction of sp³-hybridized carbons (Fsp3) is 0.412. The van der Waals surface area contributed by atoms with Crippen molar-refractivity contribution < 1.29 is 14.6 Å². The number of phenolic OH excluding ortho intramolecular Hbond substituents is 1. The fourth-order valence-electron chi connectivity index (χ4n) is 3.10. The first-order valence-corrected chi connectivity index (χ1v) is 8.21. The standard InChI is InChI=1S/C17H20ClN3O3/c1-20-10-13(9-19-20)11-3-5-21(6-4-11)17(23)12-7-14(18)16(22)15(8-12)24-2/h7-11,22H,3-6H2,1-2H3. The minimum atomic E-state index is -0.147. The van der Waals surface area contributed by atoms with Gasteiger partial charge in [0.25, 0.3) is 5.91 Å². The smallest absolute Gasteiger partial charge is 0.254 e. The number of rotatable bonds is 3. The number of hydrogen-bond donors (Lipinski definition) is 1. The maximum absolute atomic E-state index is 12.7. The molecule has 1 fully saturated rings. The number of methoxy groups -OCH3 is 1. The molecule has 1 aliphatic rings. The molecule has 0 unspecified atom stereocenters. The van der Waals surface area contributed by atoms with Crippen molar-refractivity contribution in [1.29, 1.82) is 0 Å². The van der Waals surface area contributed by atoms with Gasteiger partial charge in [-0.15, -0.1) is 0 Å². The van der Waals surface area contributed by atoms with Crippen LogP contribution in [0.2, 0.25) is 5.02 Å². The number of aryl methyl sites for hydroxylation is 1. The second-order valence-electron chi connectivity index (χ2n) is 6.02. The summed E-state index contributed by atoms with van der Waals surface area (Å²) in [5.41, 5.74) is 1.65. The summed E-state index contributed by atoms with van der Waals surface area (Å²) >= 11 is 5.98. The van der Waals surface area contributed by atoms with Crippen molar-refractivity contribution >= 4 is 17.5 Å². The fourth-order valence-corrected chi connectivity index (χ4v) is 3.31. The van der Waals surface area contributed by atoms with Gasteiger partial charge in [0.05, 0.1) is 18.3 Å². The zero-order valence-corrected chi connectivity index (χ0v) is 14.5. The third kappa shape index (κ3) is 3.19. The van der Waals surface area contributed by atoms with E-state index in [1.54, 1.807) is 4.68 Å². The quantitative estimate of drug-likeness (QED) is 0.925. The first-order chi connectivity index (χ1) is 11.5. The summed E-state index contributed by atoms with van der Waals surface area (Å²) in [6.45, 7) is 1.36. The van der Waals surface area contributed by atoms with Crippen molar-refractivity contribution in [3.8, 4) is 11.5 Å². The molecule has 7 heteroatoms. The molecule has 6 nitrogen and oxygen atoms in total. The molecule has 3 rings (SSSR count). The number of likely N-dealkylation sites (tertiary alicyclic amines) is 1. The summed E-state index contributed by atoms with van der Waals surface area (Å²) in [4.78, 5) is 14.5. The van der Waals surface area contributed by atoms with Gasteiger partial charge in [-0.1, -0.05) is 11.6 Å². The van der Waals surface area contributed by atoms with Gasteiger partial charge in [0.2, 0.25) is 0 Å². The highest BCUT2D eigenvalue weighted by Gasteiger charge is 2.26. The number of ether oxygens (including phenoxy) is 1. The molecule has 128 valence electrons. The van der Waals surface area contributed by atoms with Crippen molar-refractivity contribution in [3.05, 3.63) is 40.7 Å². The SMILES string of the molecule is COc1cc(C(=O)N2CCC(c3cnn(C)c3)CC2)cc(Cl)c1O. The molecule has 0 radical (unpaired) electrons. The first kappa shape index (κ1) is 16.6. The maximum Gasteiger partial charge on any atom is 0.254 e. The monoisotopic (exact) mass is 349 g/mol. The van der Waals surface area contributed by atoms with Crippen LogP contribution in [-0.4, -0.2) is 45.9 Å². The summed E-state index contributed by atoms with van der Waals surface area (Å²) in [6, 6.07) is 3.01. The summed E-state index contributed by atoms with van der Waals surface area (Å²) < 4.78 is 6.87. The van der Waals surface area contributed by atoms with Gasteiger partial charge in [-0.2, -0.15) is 5.10 Å². The number of hydrogen-bond acceptors (Lipinski definition) is 4. The lowest BCUT2D eigenvalue weighted by atomic mass is 9.91.